The zero-order valence-electron chi connectivity index (χ0n) is 15.5. The van der Waals surface area contributed by atoms with Crippen molar-refractivity contribution in [2.24, 2.45) is 0 Å². The van der Waals surface area contributed by atoms with E-state index in [2.05, 4.69) is 10.3 Å². The first-order valence-electron chi connectivity index (χ1n) is 9.13. The number of amides is 1. The van der Waals surface area contributed by atoms with E-state index < -0.39 is 10.3 Å². The van der Waals surface area contributed by atoms with Gasteiger partial charge < -0.3 is 10.3 Å². The van der Waals surface area contributed by atoms with Crippen LogP contribution in [0, 0.1) is 0 Å². The number of H-pyrrole nitrogens is 1. The lowest BCUT2D eigenvalue weighted by Crippen LogP contribution is -2.33. The van der Waals surface area contributed by atoms with Gasteiger partial charge in [0.1, 0.15) is 11.5 Å². The minimum absolute atomic E-state index is 0.103. The Bertz CT molecular complexity index is 897. The molecule has 0 atom stereocenters. The van der Waals surface area contributed by atoms with Gasteiger partial charge in [0.2, 0.25) is 0 Å². The first-order chi connectivity index (χ1) is 12.8. The number of carbonyl (C=O) groups is 1. The first-order valence-corrected chi connectivity index (χ1v) is 10.5. The number of nitrogens with zero attached hydrogens (tertiary/aromatic N) is 1. The lowest BCUT2D eigenvalue weighted by Gasteiger charge is -2.20. The van der Waals surface area contributed by atoms with Gasteiger partial charge in [0.25, 0.3) is 5.91 Å². The van der Waals surface area contributed by atoms with E-state index in [-0.39, 0.29) is 29.1 Å². The molecule has 3 rings (SSSR count). The summed E-state index contributed by atoms with van der Waals surface area (Å²) < 4.78 is 34.4. The molecular formula is C19H25N3O4S. The van der Waals surface area contributed by atoms with Crippen LogP contribution in [0.4, 0.5) is 11.5 Å². The van der Waals surface area contributed by atoms with Crippen LogP contribution in [0.15, 0.2) is 36.4 Å². The van der Waals surface area contributed by atoms with Crippen LogP contribution in [-0.4, -0.2) is 29.9 Å². The molecule has 0 unspecified atom stereocenters. The van der Waals surface area contributed by atoms with Gasteiger partial charge in [-0.05, 0) is 48.6 Å². The highest BCUT2D eigenvalue weighted by Gasteiger charge is 2.25. The average molecular weight is 391 g/mol. The monoisotopic (exact) mass is 391 g/mol. The fourth-order valence-corrected chi connectivity index (χ4v) is 4.10. The fourth-order valence-electron chi connectivity index (χ4n) is 3.36. The van der Waals surface area contributed by atoms with Crippen LogP contribution in [0.5, 0.6) is 0 Å². The molecule has 3 N–H and O–H groups in total. The van der Waals surface area contributed by atoms with Crippen molar-refractivity contribution < 1.29 is 17.8 Å². The zero-order chi connectivity index (χ0) is 19.6. The highest BCUT2D eigenvalue weighted by Crippen LogP contribution is 2.29. The molecule has 1 aromatic heterocycles. The number of hydrogen-bond acceptors (Lipinski definition) is 3. The summed E-state index contributed by atoms with van der Waals surface area (Å²) in [6.07, 6.45) is 4.12. The Hall–Kier alpha value is -2.32. The van der Waals surface area contributed by atoms with Gasteiger partial charge in [-0.1, -0.05) is 38.8 Å². The molecular weight excluding hydrogens is 366 g/mol. The summed E-state index contributed by atoms with van der Waals surface area (Å²) in [5.41, 5.74) is 1.59. The fraction of sp³-hybridized carbons (Fsp3) is 0.421. The molecule has 7 nitrogen and oxygen atoms in total. The Morgan fingerprint density at radius 1 is 1.15 bits per heavy atom. The second-order valence-corrected chi connectivity index (χ2v) is 8.46. The van der Waals surface area contributed by atoms with Crippen LogP contribution < -0.4 is 9.62 Å². The largest absolute Gasteiger partial charge is 0.365 e. The van der Waals surface area contributed by atoms with Crippen molar-refractivity contribution >= 4 is 27.7 Å². The van der Waals surface area contributed by atoms with Crippen molar-refractivity contribution in [3.63, 3.8) is 0 Å². The SMILES string of the molecule is CC(C)c1ccc(N(c2ccc(C(=O)NC3CCCC3)[nH]2)S(=O)(=O)O)cc1. The standard InChI is InChI=1S/C19H25N3O4S/c1-13(2)14-7-9-16(10-8-14)22(27(24,25)26)18-12-11-17(21-18)19(23)20-15-5-3-4-6-15/h7-13,15,21H,3-6H2,1-2H3,(H,20,23)(H,24,25,26). The zero-order valence-corrected chi connectivity index (χ0v) is 16.3. The van der Waals surface area contributed by atoms with Gasteiger partial charge in [-0.15, -0.1) is 0 Å². The smallest absolute Gasteiger partial charge is 0.348 e. The number of aromatic amines is 1. The van der Waals surface area contributed by atoms with E-state index in [4.69, 9.17) is 0 Å². The molecule has 1 amide bonds. The van der Waals surface area contributed by atoms with Crippen LogP contribution in [0.25, 0.3) is 0 Å². The Morgan fingerprint density at radius 2 is 1.78 bits per heavy atom. The molecule has 0 spiro atoms. The summed E-state index contributed by atoms with van der Waals surface area (Å²) in [4.78, 5) is 15.2. The molecule has 27 heavy (non-hydrogen) atoms. The predicted octanol–water partition coefficient (Wildman–Crippen LogP) is 3.75. The maximum atomic E-state index is 12.4. The highest BCUT2D eigenvalue weighted by atomic mass is 32.2. The number of hydrogen-bond donors (Lipinski definition) is 3. The summed E-state index contributed by atoms with van der Waals surface area (Å²) in [5.74, 6) is 0.125. The van der Waals surface area contributed by atoms with Gasteiger partial charge in [0, 0.05) is 6.04 Å². The minimum Gasteiger partial charge on any atom is -0.348 e. The van der Waals surface area contributed by atoms with Crippen molar-refractivity contribution in [3.05, 3.63) is 47.7 Å². The van der Waals surface area contributed by atoms with E-state index in [0.29, 0.717) is 5.92 Å². The van der Waals surface area contributed by atoms with Crippen molar-refractivity contribution in [3.8, 4) is 0 Å². The Kier molecular flexibility index (Phi) is 5.57. The molecule has 1 saturated carbocycles. The average Bonchev–Trinajstić information content (AvgIpc) is 3.26. The van der Waals surface area contributed by atoms with Gasteiger partial charge in [-0.25, -0.2) is 4.31 Å². The molecule has 1 heterocycles. The normalized spacial score (nSPS) is 15.3. The maximum Gasteiger partial charge on any atom is 0.365 e. The number of carbonyl (C=O) groups excluding carboxylic acids is 1. The van der Waals surface area contributed by atoms with Crippen LogP contribution in [-0.2, 0) is 10.3 Å². The van der Waals surface area contributed by atoms with Gasteiger partial charge in [0.05, 0.1) is 5.69 Å². The third-order valence-electron chi connectivity index (χ3n) is 4.85. The summed E-state index contributed by atoms with van der Waals surface area (Å²) in [5, 5.41) is 2.95. The summed E-state index contributed by atoms with van der Waals surface area (Å²) >= 11 is 0. The molecule has 1 aliphatic rings. The number of anilines is 2. The summed E-state index contributed by atoms with van der Waals surface area (Å²) in [6, 6.07) is 10.0. The van der Waals surface area contributed by atoms with Gasteiger partial charge in [-0.2, -0.15) is 8.42 Å². The highest BCUT2D eigenvalue weighted by molar-refractivity contribution is 7.87. The van der Waals surface area contributed by atoms with E-state index >= 15 is 0 Å². The van der Waals surface area contributed by atoms with E-state index in [9.17, 15) is 17.8 Å². The Labute approximate surface area is 159 Å². The van der Waals surface area contributed by atoms with Crippen molar-refractivity contribution in [1.82, 2.24) is 10.3 Å². The number of aromatic nitrogens is 1. The van der Waals surface area contributed by atoms with Crippen LogP contribution in [0.1, 0.15) is 61.5 Å². The molecule has 0 saturated heterocycles. The lowest BCUT2D eigenvalue weighted by atomic mass is 10.0. The number of nitrogens with one attached hydrogen (secondary N) is 2. The van der Waals surface area contributed by atoms with Crippen molar-refractivity contribution in [2.75, 3.05) is 4.31 Å². The van der Waals surface area contributed by atoms with Crippen LogP contribution >= 0.6 is 0 Å². The minimum atomic E-state index is -4.57. The van der Waals surface area contributed by atoms with Crippen LogP contribution in [0.3, 0.4) is 0 Å². The Balaban J connectivity index is 1.86. The maximum absolute atomic E-state index is 12.4. The van der Waals surface area contributed by atoms with E-state index in [0.717, 1.165) is 35.6 Å². The quantitative estimate of drug-likeness (QED) is 0.653. The van der Waals surface area contributed by atoms with Gasteiger partial charge >= 0.3 is 10.3 Å². The van der Waals surface area contributed by atoms with Gasteiger partial charge in [0.15, 0.2) is 0 Å². The third-order valence-corrected chi connectivity index (χ3v) is 5.72. The molecule has 1 aliphatic carbocycles. The number of rotatable bonds is 6. The molecule has 146 valence electrons. The van der Waals surface area contributed by atoms with E-state index in [1.807, 2.05) is 26.0 Å². The second kappa shape index (κ2) is 7.74. The number of benzene rings is 1. The van der Waals surface area contributed by atoms with Crippen molar-refractivity contribution in [1.29, 1.82) is 0 Å². The first kappa shape index (κ1) is 19.4. The Morgan fingerprint density at radius 3 is 2.33 bits per heavy atom. The molecule has 2 aromatic rings. The molecule has 1 fully saturated rings. The van der Waals surface area contributed by atoms with E-state index in [1.165, 1.54) is 12.1 Å². The topological polar surface area (TPSA) is 103 Å². The second-order valence-electron chi connectivity index (χ2n) is 7.20. The molecule has 0 radical (unpaired) electrons. The summed E-state index contributed by atoms with van der Waals surface area (Å²) in [7, 11) is -4.57. The van der Waals surface area contributed by atoms with E-state index in [1.54, 1.807) is 12.1 Å². The summed E-state index contributed by atoms with van der Waals surface area (Å²) in [6.45, 7) is 4.07. The van der Waals surface area contributed by atoms with Crippen molar-refractivity contribution in [2.45, 2.75) is 51.5 Å². The molecule has 8 heteroatoms. The molecule has 0 aliphatic heterocycles. The lowest BCUT2D eigenvalue weighted by molar-refractivity contribution is 0.0933. The van der Waals surface area contributed by atoms with Gasteiger partial charge in [-0.3, -0.25) is 9.35 Å². The molecule has 1 aromatic carbocycles. The predicted molar refractivity (Wildman–Crippen MR) is 105 cm³/mol. The van der Waals surface area contributed by atoms with Crippen LogP contribution in [0.2, 0.25) is 0 Å². The molecule has 0 bridgehead atoms. The third kappa shape index (κ3) is 4.51.